The number of anilines is 1. The van der Waals surface area contributed by atoms with Gasteiger partial charge in [0.15, 0.2) is 21.6 Å². The van der Waals surface area contributed by atoms with E-state index in [1.165, 1.54) is 23.1 Å². The van der Waals surface area contributed by atoms with Crippen LogP contribution in [0.25, 0.3) is 0 Å². The van der Waals surface area contributed by atoms with E-state index in [4.69, 9.17) is 9.47 Å². The Morgan fingerprint density at radius 3 is 2.95 bits per heavy atom. The second kappa shape index (κ2) is 6.97. The number of nitrogens with zero attached hydrogens (tertiary/aromatic N) is 2. The SMILES string of the molecule is CCNc1nnc(SCC(=O)c2ccc3c(c2)OCCO3)s1. The Bertz CT molecular complexity index is 675. The average molecular weight is 337 g/mol. The van der Waals surface area contributed by atoms with Crippen LogP contribution < -0.4 is 14.8 Å². The minimum Gasteiger partial charge on any atom is -0.486 e. The fraction of sp³-hybridized carbons (Fsp3) is 0.357. The number of Topliss-reactive ketones (excluding diaryl/α,β-unsaturated/α-hetero) is 1. The van der Waals surface area contributed by atoms with Gasteiger partial charge in [0.2, 0.25) is 5.13 Å². The summed E-state index contributed by atoms with van der Waals surface area (Å²) in [5, 5.41) is 11.9. The molecule has 0 saturated carbocycles. The number of hydrogen-bond acceptors (Lipinski definition) is 8. The Morgan fingerprint density at radius 1 is 1.32 bits per heavy atom. The summed E-state index contributed by atoms with van der Waals surface area (Å²) in [6, 6.07) is 5.28. The highest BCUT2D eigenvalue weighted by molar-refractivity contribution is 8.01. The van der Waals surface area contributed by atoms with Gasteiger partial charge in [-0.25, -0.2) is 0 Å². The molecule has 0 aliphatic carbocycles. The third-order valence-electron chi connectivity index (χ3n) is 2.93. The molecule has 3 rings (SSSR count). The van der Waals surface area contributed by atoms with Crippen LogP contribution in [-0.4, -0.2) is 41.5 Å². The van der Waals surface area contributed by atoms with Gasteiger partial charge in [0, 0.05) is 12.1 Å². The summed E-state index contributed by atoms with van der Waals surface area (Å²) in [5.41, 5.74) is 0.619. The number of ether oxygens (including phenoxy) is 2. The van der Waals surface area contributed by atoms with E-state index in [2.05, 4.69) is 15.5 Å². The molecule has 2 heterocycles. The number of benzene rings is 1. The van der Waals surface area contributed by atoms with Crippen molar-refractivity contribution in [1.29, 1.82) is 0 Å². The monoisotopic (exact) mass is 337 g/mol. The molecule has 1 N–H and O–H groups in total. The third-order valence-corrected chi connectivity index (χ3v) is 4.94. The maximum absolute atomic E-state index is 12.3. The molecule has 1 aliphatic heterocycles. The van der Waals surface area contributed by atoms with Crippen LogP contribution in [0, 0.1) is 0 Å². The van der Waals surface area contributed by atoms with E-state index in [9.17, 15) is 4.79 Å². The van der Waals surface area contributed by atoms with E-state index in [-0.39, 0.29) is 5.78 Å². The number of thioether (sulfide) groups is 1. The van der Waals surface area contributed by atoms with E-state index in [0.29, 0.717) is 36.0 Å². The number of aromatic nitrogens is 2. The molecule has 116 valence electrons. The lowest BCUT2D eigenvalue weighted by molar-refractivity contribution is 0.102. The Labute approximate surface area is 136 Å². The highest BCUT2D eigenvalue weighted by Crippen LogP contribution is 2.32. The summed E-state index contributed by atoms with van der Waals surface area (Å²) in [7, 11) is 0. The maximum Gasteiger partial charge on any atom is 0.206 e. The van der Waals surface area contributed by atoms with Crippen LogP contribution in [0.5, 0.6) is 11.5 Å². The maximum atomic E-state index is 12.3. The number of fused-ring (bicyclic) bond motifs is 1. The molecular formula is C14H15N3O3S2. The van der Waals surface area contributed by atoms with Gasteiger partial charge in [-0.1, -0.05) is 23.1 Å². The molecule has 0 fully saturated rings. The van der Waals surface area contributed by atoms with Gasteiger partial charge < -0.3 is 14.8 Å². The van der Waals surface area contributed by atoms with Gasteiger partial charge in [-0.05, 0) is 25.1 Å². The summed E-state index contributed by atoms with van der Waals surface area (Å²) in [6.45, 7) is 3.85. The van der Waals surface area contributed by atoms with Gasteiger partial charge in [0.25, 0.3) is 0 Å². The van der Waals surface area contributed by atoms with Crippen molar-refractivity contribution in [2.24, 2.45) is 0 Å². The molecule has 0 amide bonds. The second-order valence-corrected chi connectivity index (χ2v) is 6.67. The van der Waals surface area contributed by atoms with Crippen LogP contribution in [0.2, 0.25) is 0 Å². The van der Waals surface area contributed by atoms with E-state index in [0.717, 1.165) is 16.0 Å². The molecule has 0 atom stereocenters. The molecule has 1 aromatic heterocycles. The number of carbonyl (C=O) groups is 1. The quantitative estimate of drug-likeness (QED) is 0.642. The lowest BCUT2D eigenvalue weighted by Crippen LogP contribution is -2.16. The van der Waals surface area contributed by atoms with Crippen molar-refractivity contribution in [2.45, 2.75) is 11.3 Å². The molecule has 8 heteroatoms. The largest absolute Gasteiger partial charge is 0.486 e. The standard InChI is InChI=1S/C14H15N3O3S2/c1-2-15-13-16-17-14(22-13)21-8-10(18)9-3-4-11-12(7-9)20-6-5-19-11/h3-4,7H,2,5-6,8H2,1H3,(H,15,16). The van der Waals surface area contributed by atoms with Crippen molar-refractivity contribution < 1.29 is 14.3 Å². The predicted molar refractivity (Wildman–Crippen MR) is 86.6 cm³/mol. The van der Waals surface area contributed by atoms with Crippen molar-refractivity contribution in [3.63, 3.8) is 0 Å². The lowest BCUT2D eigenvalue weighted by Gasteiger charge is -2.18. The summed E-state index contributed by atoms with van der Waals surface area (Å²) in [6.07, 6.45) is 0. The predicted octanol–water partition coefficient (Wildman–Crippen LogP) is 2.72. The van der Waals surface area contributed by atoms with Crippen molar-refractivity contribution >= 4 is 34.0 Å². The molecule has 0 saturated heterocycles. The van der Waals surface area contributed by atoms with Crippen LogP contribution >= 0.6 is 23.1 Å². The van der Waals surface area contributed by atoms with Crippen LogP contribution in [0.1, 0.15) is 17.3 Å². The number of carbonyl (C=O) groups excluding carboxylic acids is 1. The minimum atomic E-state index is 0.0298. The molecule has 0 unspecified atom stereocenters. The first-order valence-electron chi connectivity index (χ1n) is 6.89. The molecule has 22 heavy (non-hydrogen) atoms. The van der Waals surface area contributed by atoms with Gasteiger partial charge >= 0.3 is 0 Å². The molecule has 0 radical (unpaired) electrons. The molecule has 1 aromatic carbocycles. The Morgan fingerprint density at radius 2 is 2.14 bits per heavy atom. The zero-order chi connectivity index (χ0) is 15.4. The summed E-state index contributed by atoms with van der Waals surface area (Å²) in [4.78, 5) is 12.3. The Kier molecular flexibility index (Phi) is 4.79. The molecular weight excluding hydrogens is 322 g/mol. The lowest BCUT2D eigenvalue weighted by atomic mass is 10.1. The third kappa shape index (κ3) is 3.50. The van der Waals surface area contributed by atoms with E-state index in [1.54, 1.807) is 18.2 Å². The van der Waals surface area contributed by atoms with Gasteiger partial charge in [0.1, 0.15) is 13.2 Å². The fourth-order valence-corrected chi connectivity index (χ4v) is 3.63. The zero-order valence-electron chi connectivity index (χ0n) is 12.0. The van der Waals surface area contributed by atoms with Crippen molar-refractivity contribution in [3.8, 4) is 11.5 Å². The summed E-state index contributed by atoms with van der Waals surface area (Å²) < 4.78 is 11.7. The summed E-state index contributed by atoms with van der Waals surface area (Å²) in [5.74, 6) is 1.67. The Balaban J connectivity index is 1.61. The molecule has 6 nitrogen and oxygen atoms in total. The first kappa shape index (κ1) is 15.1. The van der Waals surface area contributed by atoms with Gasteiger partial charge in [-0.3, -0.25) is 4.79 Å². The van der Waals surface area contributed by atoms with Crippen molar-refractivity contribution in [2.75, 3.05) is 30.8 Å². The first-order chi connectivity index (χ1) is 10.8. The average Bonchev–Trinajstić information content (AvgIpc) is 3.00. The van der Waals surface area contributed by atoms with E-state index in [1.807, 2.05) is 6.92 Å². The van der Waals surface area contributed by atoms with Crippen LogP contribution in [0.4, 0.5) is 5.13 Å². The van der Waals surface area contributed by atoms with Crippen LogP contribution in [0.3, 0.4) is 0 Å². The molecule has 0 spiro atoms. The molecule has 0 bridgehead atoms. The number of hydrogen-bond donors (Lipinski definition) is 1. The number of nitrogens with one attached hydrogen (secondary N) is 1. The van der Waals surface area contributed by atoms with E-state index >= 15 is 0 Å². The van der Waals surface area contributed by atoms with Crippen LogP contribution in [0.15, 0.2) is 22.5 Å². The molecule has 2 aromatic rings. The topological polar surface area (TPSA) is 73.3 Å². The number of rotatable bonds is 6. The van der Waals surface area contributed by atoms with Gasteiger partial charge in [-0.2, -0.15) is 0 Å². The van der Waals surface area contributed by atoms with E-state index < -0.39 is 0 Å². The number of ketones is 1. The second-order valence-electron chi connectivity index (χ2n) is 4.47. The highest BCUT2D eigenvalue weighted by Gasteiger charge is 2.15. The first-order valence-corrected chi connectivity index (χ1v) is 8.69. The smallest absolute Gasteiger partial charge is 0.206 e. The zero-order valence-corrected chi connectivity index (χ0v) is 13.6. The summed E-state index contributed by atoms with van der Waals surface area (Å²) >= 11 is 2.84. The van der Waals surface area contributed by atoms with Crippen LogP contribution in [-0.2, 0) is 0 Å². The van der Waals surface area contributed by atoms with Gasteiger partial charge in [0.05, 0.1) is 5.75 Å². The van der Waals surface area contributed by atoms with Crippen molar-refractivity contribution in [3.05, 3.63) is 23.8 Å². The Hall–Kier alpha value is -1.80. The fourth-order valence-electron chi connectivity index (χ4n) is 1.92. The molecule has 1 aliphatic rings. The minimum absolute atomic E-state index is 0.0298. The van der Waals surface area contributed by atoms with Gasteiger partial charge in [-0.15, -0.1) is 10.2 Å². The normalized spacial score (nSPS) is 13.0. The van der Waals surface area contributed by atoms with Crippen molar-refractivity contribution in [1.82, 2.24) is 10.2 Å². The highest BCUT2D eigenvalue weighted by atomic mass is 32.2.